The first-order valence-electron chi connectivity index (χ1n) is 6.28. The number of benzene rings is 2. The van der Waals surface area contributed by atoms with E-state index in [0.717, 1.165) is 13.1 Å². The lowest BCUT2D eigenvalue weighted by atomic mass is 10.0. The molecule has 0 radical (unpaired) electrons. The van der Waals surface area contributed by atoms with Gasteiger partial charge in [0.1, 0.15) is 0 Å². The minimum absolute atomic E-state index is 0. The maximum Gasteiger partial charge on any atom is 0.0698 e. The third-order valence-electron chi connectivity index (χ3n) is 2.85. The highest BCUT2D eigenvalue weighted by molar-refractivity contribution is 5.85. The van der Waals surface area contributed by atoms with Crippen molar-refractivity contribution in [3.63, 3.8) is 0 Å². The van der Waals surface area contributed by atoms with Crippen molar-refractivity contribution in [2.24, 2.45) is 0 Å². The lowest BCUT2D eigenvalue weighted by Crippen LogP contribution is -2.20. The van der Waals surface area contributed by atoms with Crippen LogP contribution in [-0.2, 0) is 11.3 Å². The first-order valence-corrected chi connectivity index (χ1v) is 6.28. The van der Waals surface area contributed by atoms with Gasteiger partial charge in [0.05, 0.1) is 19.8 Å². The fraction of sp³-hybridized carbons (Fsp3) is 0.333. The summed E-state index contributed by atoms with van der Waals surface area (Å²) in [4.78, 5) is 0. The van der Waals surface area contributed by atoms with Crippen LogP contribution in [0.25, 0.3) is 10.8 Å². The topological polar surface area (TPSA) is 41.5 Å². The van der Waals surface area contributed by atoms with Crippen LogP contribution in [0.3, 0.4) is 0 Å². The van der Waals surface area contributed by atoms with Crippen molar-refractivity contribution in [1.29, 1.82) is 0 Å². The number of aliphatic hydroxyl groups is 1. The third kappa shape index (κ3) is 4.80. The van der Waals surface area contributed by atoms with E-state index in [-0.39, 0.29) is 19.0 Å². The fourth-order valence-corrected chi connectivity index (χ4v) is 1.98. The van der Waals surface area contributed by atoms with Crippen molar-refractivity contribution in [1.82, 2.24) is 5.32 Å². The molecule has 2 aromatic carbocycles. The van der Waals surface area contributed by atoms with Gasteiger partial charge in [0.25, 0.3) is 0 Å². The Kier molecular flexibility index (Phi) is 7.45. The van der Waals surface area contributed by atoms with Gasteiger partial charge in [0.15, 0.2) is 0 Å². The normalized spacial score (nSPS) is 10.4. The number of nitrogens with one attached hydrogen (secondary N) is 1. The second kappa shape index (κ2) is 8.88. The summed E-state index contributed by atoms with van der Waals surface area (Å²) in [6.45, 7) is 2.76. The van der Waals surface area contributed by atoms with Gasteiger partial charge in [-0.3, -0.25) is 0 Å². The Hall–Kier alpha value is -1.13. The maximum absolute atomic E-state index is 8.57. The van der Waals surface area contributed by atoms with E-state index in [0.29, 0.717) is 13.2 Å². The molecule has 0 bridgehead atoms. The zero-order chi connectivity index (χ0) is 12.6. The van der Waals surface area contributed by atoms with E-state index in [1.165, 1.54) is 16.3 Å². The molecule has 104 valence electrons. The number of hydrogen-bond donors (Lipinski definition) is 2. The van der Waals surface area contributed by atoms with Crippen LogP contribution in [0.4, 0.5) is 0 Å². The van der Waals surface area contributed by atoms with Gasteiger partial charge in [-0.05, 0) is 16.3 Å². The van der Waals surface area contributed by atoms with Crippen molar-refractivity contribution < 1.29 is 9.84 Å². The Labute approximate surface area is 120 Å². The molecule has 0 heterocycles. The van der Waals surface area contributed by atoms with Crippen LogP contribution in [0, 0.1) is 0 Å². The largest absolute Gasteiger partial charge is 0.394 e. The SMILES string of the molecule is Cl.OCCOCCNCc1cccc2ccccc12. The molecular formula is C15H20ClNO2. The van der Waals surface area contributed by atoms with Crippen molar-refractivity contribution >= 4 is 23.2 Å². The van der Waals surface area contributed by atoms with Gasteiger partial charge in [0, 0.05) is 13.1 Å². The summed E-state index contributed by atoms with van der Waals surface area (Å²) >= 11 is 0. The van der Waals surface area contributed by atoms with Gasteiger partial charge in [-0.25, -0.2) is 0 Å². The standard InChI is InChI=1S/C15H19NO2.ClH/c17-9-11-18-10-8-16-12-14-6-3-5-13-4-1-2-7-15(13)14;/h1-7,16-17H,8-12H2;1H. The van der Waals surface area contributed by atoms with Crippen LogP contribution in [0.15, 0.2) is 42.5 Å². The van der Waals surface area contributed by atoms with Crippen molar-refractivity contribution in [2.75, 3.05) is 26.4 Å². The van der Waals surface area contributed by atoms with Gasteiger partial charge in [-0.1, -0.05) is 42.5 Å². The summed E-state index contributed by atoms with van der Waals surface area (Å²) in [6.07, 6.45) is 0. The Bertz CT molecular complexity index is 485. The molecular weight excluding hydrogens is 262 g/mol. The van der Waals surface area contributed by atoms with Crippen molar-refractivity contribution in [2.45, 2.75) is 6.54 Å². The highest BCUT2D eigenvalue weighted by Crippen LogP contribution is 2.17. The van der Waals surface area contributed by atoms with Gasteiger partial charge >= 0.3 is 0 Å². The molecule has 0 atom stereocenters. The third-order valence-corrected chi connectivity index (χ3v) is 2.85. The maximum atomic E-state index is 8.57. The van der Waals surface area contributed by atoms with Crippen LogP contribution in [0.5, 0.6) is 0 Å². The Morgan fingerprint density at radius 3 is 2.63 bits per heavy atom. The monoisotopic (exact) mass is 281 g/mol. The summed E-state index contributed by atoms with van der Waals surface area (Å²) in [5.41, 5.74) is 1.30. The van der Waals surface area contributed by atoms with E-state index in [9.17, 15) is 0 Å². The van der Waals surface area contributed by atoms with Crippen LogP contribution in [0.2, 0.25) is 0 Å². The molecule has 0 fully saturated rings. The smallest absolute Gasteiger partial charge is 0.0698 e. The zero-order valence-electron chi connectivity index (χ0n) is 10.8. The van der Waals surface area contributed by atoms with Crippen molar-refractivity contribution in [3.05, 3.63) is 48.0 Å². The van der Waals surface area contributed by atoms with Gasteiger partial charge in [-0.15, -0.1) is 12.4 Å². The number of hydrogen-bond acceptors (Lipinski definition) is 3. The first kappa shape index (κ1) is 15.9. The lowest BCUT2D eigenvalue weighted by molar-refractivity contribution is 0.0938. The predicted molar refractivity (Wildman–Crippen MR) is 80.8 cm³/mol. The Morgan fingerprint density at radius 1 is 1.00 bits per heavy atom. The average Bonchev–Trinajstić information content (AvgIpc) is 2.43. The van der Waals surface area contributed by atoms with E-state index in [4.69, 9.17) is 9.84 Å². The summed E-state index contributed by atoms with van der Waals surface area (Å²) in [5, 5.41) is 14.5. The van der Waals surface area contributed by atoms with Crippen molar-refractivity contribution in [3.8, 4) is 0 Å². The minimum atomic E-state index is 0. The number of ether oxygens (including phenoxy) is 1. The molecule has 0 unspecified atom stereocenters. The number of rotatable bonds is 7. The molecule has 3 nitrogen and oxygen atoms in total. The minimum Gasteiger partial charge on any atom is -0.394 e. The highest BCUT2D eigenvalue weighted by Gasteiger charge is 1.99. The summed E-state index contributed by atoms with van der Waals surface area (Å²) in [7, 11) is 0. The van der Waals surface area contributed by atoms with Crippen LogP contribution in [0.1, 0.15) is 5.56 Å². The number of halogens is 1. The van der Waals surface area contributed by atoms with E-state index in [1.807, 2.05) is 0 Å². The Morgan fingerprint density at radius 2 is 1.79 bits per heavy atom. The van der Waals surface area contributed by atoms with E-state index in [2.05, 4.69) is 47.8 Å². The fourth-order valence-electron chi connectivity index (χ4n) is 1.98. The predicted octanol–water partition coefficient (Wildman–Crippen LogP) is 2.36. The molecule has 0 spiro atoms. The summed E-state index contributed by atoms with van der Waals surface area (Å²) in [6, 6.07) is 14.8. The van der Waals surface area contributed by atoms with E-state index >= 15 is 0 Å². The highest BCUT2D eigenvalue weighted by atomic mass is 35.5. The molecule has 0 saturated heterocycles. The molecule has 4 heteroatoms. The molecule has 0 amide bonds. The molecule has 0 aromatic heterocycles. The molecule has 2 aromatic rings. The average molecular weight is 282 g/mol. The Balaban J connectivity index is 0.00000180. The van der Waals surface area contributed by atoms with Crippen LogP contribution in [-0.4, -0.2) is 31.5 Å². The van der Waals surface area contributed by atoms with E-state index in [1.54, 1.807) is 0 Å². The molecule has 0 aliphatic heterocycles. The lowest BCUT2D eigenvalue weighted by Gasteiger charge is -2.08. The molecule has 2 N–H and O–H groups in total. The van der Waals surface area contributed by atoms with Crippen LogP contribution < -0.4 is 5.32 Å². The molecule has 0 aliphatic carbocycles. The number of fused-ring (bicyclic) bond motifs is 1. The molecule has 0 saturated carbocycles. The molecule has 19 heavy (non-hydrogen) atoms. The number of aliphatic hydroxyl groups excluding tert-OH is 1. The second-order valence-electron chi connectivity index (χ2n) is 4.15. The van der Waals surface area contributed by atoms with Crippen LogP contribution >= 0.6 is 12.4 Å². The van der Waals surface area contributed by atoms with Gasteiger partial charge < -0.3 is 15.2 Å². The second-order valence-corrected chi connectivity index (χ2v) is 4.15. The summed E-state index contributed by atoms with van der Waals surface area (Å²) < 4.78 is 5.20. The first-order chi connectivity index (χ1) is 8.92. The quantitative estimate of drug-likeness (QED) is 0.766. The van der Waals surface area contributed by atoms with E-state index < -0.39 is 0 Å². The summed E-state index contributed by atoms with van der Waals surface area (Å²) in [5.74, 6) is 0. The van der Waals surface area contributed by atoms with Gasteiger partial charge in [-0.2, -0.15) is 0 Å². The molecule has 0 aliphatic rings. The van der Waals surface area contributed by atoms with Gasteiger partial charge in [0.2, 0.25) is 0 Å². The molecule has 2 rings (SSSR count). The zero-order valence-corrected chi connectivity index (χ0v) is 11.7.